The molecule has 0 aromatic heterocycles. The fraction of sp³-hybridized carbons (Fsp3) is 0.385. The highest BCUT2D eigenvalue weighted by molar-refractivity contribution is 5.91. The van der Waals surface area contributed by atoms with E-state index < -0.39 is 0 Å². The lowest BCUT2D eigenvalue weighted by atomic mass is 10.1. The molecule has 1 aliphatic rings. The lowest BCUT2D eigenvalue weighted by Crippen LogP contribution is -2.48. The first-order valence-corrected chi connectivity index (χ1v) is 6.16. The Hall–Kier alpha value is -2.24. The number of carbonyl (C=O) groups excluding carboxylic acids is 2. The zero-order valence-electron chi connectivity index (χ0n) is 10.7. The van der Waals surface area contributed by atoms with E-state index in [0.717, 1.165) is 0 Å². The van der Waals surface area contributed by atoms with Gasteiger partial charge in [0.25, 0.3) is 0 Å². The molecule has 1 aromatic carbocycles. The van der Waals surface area contributed by atoms with Crippen molar-refractivity contribution in [2.75, 3.05) is 19.0 Å². The van der Waals surface area contributed by atoms with Crippen LogP contribution in [0.5, 0.6) is 5.75 Å². The molecule has 1 atom stereocenters. The lowest BCUT2D eigenvalue weighted by Gasteiger charge is -2.23. The molecule has 1 aliphatic heterocycles. The van der Waals surface area contributed by atoms with Crippen LogP contribution in [0.1, 0.15) is 12.8 Å². The van der Waals surface area contributed by atoms with Crippen molar-refractivity contribution < 1.29 is 14.3 Å². The first kappa shape index (κ1) is 13.2. The van der Waals surface area contributed by atoms with Gasteiger partial charge in [0.2, 0.25) is 5.91 Å². The molecule has 102 valence electrons. The molecule has 1 saturated heterocycles. The number of rotatable bonds is 3. The molecule has 6 heteroatoms. The van der Waals surface area contributed by atoms with E-state index in [2.05, 4.69) is 16.0 Å². The van der Waals surface area contributed by atoms with E-state index in [9.17, 15) is 9.59 Å². The minimum absolute atomic E-state index is 0.0307. The number of hydrogen-bond acceptors (Lipinski definition) is 3. The fourth-order valence-electron chi connectivity index (χ4n) is 1.95. The third kappa shape index (κ3) is 3.61. The Labute approximate surface area is 111 Å². The second-order valence-electron chi connectivity index (χ2n) is 4.34. The van der Waals surface area contributed by atoms with Crippen LogP contribution in [0.2, 0.25) is 0 Å². The topological polar surface area (TPSA) is 79.5 Å². The van der Waals surface area contributed by atoms with Crippen LogP contribution in [-0.4, -0.2) is 31.6 Å². The maximum absolute atomic E-state index is 11.8. The Morgan fingerprint density at radius 2 is 2.21 bits per heavy atom. The number of urea groups is 1. The van der Waals surface area contributed by atoms with E-state index >= 15 is 0 Å². The van der Waals surface area contributed by atoms with Gasteiger partial charge in [-0.15, -0.1) is 0 Å². The number of carbonyl (C=O) groups is 2. The van der Waals surface area contributed by atoms with Crippen LogP contribution in [-0.2, 0) is 4.79 Å². The van der Waals surface area contributed by atoms with Crippen molar-refractivity contribution in [2.45, 2.75) is 18.9 Å². The standard InChI is InChI=1S/C13H17N3O3/c1-19-11-5-3-2-4-10(11)16-13(18)15-9-6-7-12(17)14-8-9/h2-5,9H,6-8H2,1H3,(H,14,17)(H2,15,16,18)/t9-/m1/s1. The van der Waals surface area contributed by atoms with Crippen LogP contribution in [0.3, 0.4) is 0 Å². The number of benzene rings is 1. The second kappa shape index (κ2) is 6.08. The number of anilines is 1. The SMILES string of the molecule is COc1ccccc1NC(=O)N[C@@H]1CCC(=O)NC1. The molecule has 1 aromatic rings. The van der Waals surface area contributed by atoms with Crippen LogP contribution in [0, 0.1) is 0 Å². The highest BCUT2D eigenvalue weighted by Gasteiger charge is 2.19. The molecule has 0 spiro atoms. The monoisotopic (exact) mass is 263 g/mol. The van der Waals surface area contributed by atoms with Crippen LogP contribution >= 0.6 is 0 Å². The zero-order valence-corrected chi connectivity index (χ0v) is 10.7. The molecule has 19 heavy (non-hydrogen) atoms. The summed E-state index contributed by atoms with van der Waals surface area (Å²) in [4.78, 5) is 22.9. The molecular weight excluding hydrogens is 246 g/mol. The molecule has 3 amide bonds. The van der Waals surface area contributed by atoms with E-state index in [1.165, 1.54) is 0 Å². The van der Waals surface area contributed by atoms with Crippen molar-refractivity contribution in [2.24, 2.45) is 0 Å². The quantitative estimate of drug-likeness (QED) is 0.764. The van der Waals surface area contributed by atoms with Crippen LogP contribution in [0.15, 0.2) is 24.3 Å². The number of methoxy groups -OCH3 is 1. The molecule has 0 radical (unpaired) electrons. The molecule has 6 nitrogen and oxygen atoms in total. The molecular formula is C13H17N3O3. The lowest BCUT2D eigenvalue weighted by molar-refractivity contribution is -0.122. The van der Waals surface area contributed by atoms with Gasteiger partial charge in [-0.2, -0.15) is 0 Å². The van der Waals surface area contributed by atoms with Crippen molar-refractivity contribution >= 4 is 17.6 Å². The van der Waals surface area contributed by atoms with Crippen molar-refractivity contribution in [3.8, 4) is 5.75 Å². The van der Waals surface area contributed by atoms with Crippen molar-refractivity contribution in [3.05, 3.63) is 24.3 Å². The van der Waals surface area contributed by atoms with Crippen LogP contribution < -0.4 is 20.7 Å². The predicted molar refractivity (Wildman–Crippen MR) is 71.2 cm³/mol. The Morgan fingerprint density at radius 1 is 1.42 bits per heavy atom. The van der Waals surface area contributed by atoms with E-state index in [-0.39, 0.29) is 18.0 Å². The molecule has 1 fully saturated rings. The van der Waals surface area contributed by atoms with Crippen molar-refractivity contribution in [3.63, 3.8) is 0 Å². The van der Waals surface area contributed by atoms with E-state index in [1.807, 2.05) is 12.1 Å². The summed E-state index contributed by atoms with van der Waals surface area (Å²) < 4.78 is 5.15. The summed E-state index contributed by atoms with van der Waals surface area (Å²) in [6.45, 7) is 0.470. The van der Waals surface area contributed by atoms with Crippen molar-refractivity contribution in [1.82, 2.24) is 10.6 Å². The fourth-order valence-corrected chi connectivity index (χ4v) is 1.95. The number of nitrogens with one attached hydrogen (secondary N) is 3. The number of ether oxygens (including phenoxy) is 1. The van der Waals surface area contributed by atoms with Gasteiger partial charge in [-0.1, -0.05) is 12.1 Å². The van der Waals surface area contributed by atoms with Gasteiger partial charge in [-0.25, -0.2) is 4.79 Å². The van der Waals surface area contributed by atoms with Gasteiger partial charge in [0.15, 0.2) is 0 Å². The molecule has 1 heterocycles. The molecule has 3 N–H and O–H groups in total. The maximum atomic E-state index is 11.8. The average Bonchev–Trinajstić information content (AvgIpc) is 2.42. The van der Waals surface area contributed by atoms with Crippen LogP contribution in [0.4, 0.5) is 10.5 Å². The second-order valence-corrected chi connectivity index (χ2v) is 4.34. The summed E-state index contributed by atoms with van der Waals surface area (Å²) in [5, 5.41) is 8.27. The van der Waals surface area contributed by atoms with Gasteiger partial charge >= 0.3 is 6.03 Å². The number of piperidine rings is 1. The van der Waals surface area contributed by atoms with Gasteiger partial charge < -0.3 is 20.7 Å². The van der Waals surface area contributed by atoms with Gasteiger partial charge in [-0.3, -0.25) is 4.79 Å². The molecule has 0 aliphatic carbocycles. The summed E-state index contributed by atoms with van der Waals surface area (Å²) in [6.07, 6.45) is 1.10. The Balaban J connectivity index is 1.89. The Kier molecular flexibility index (Phi) is 4.22. The third-order valence-electron chi connectivity index (χ3n) is 2.96. The molecule has 0 unspecified atom stereocenters. The summed E-state index contributed by atoms with van der Waals surface area (Å²) in [6, 6.07) is 6.85. The predicted octanol–water partition coefficient (Wildman–Crippen LogP) is 1.10. The van der Waals surface area contributed by atoms with E-state index in [1.54, 1.807) is 19.2 Å². The molecule has 0 bridgehead atoms. The number of para-hydroxylation sites is 2. The average molecular weight is 263 g/mol. The first-order valence-electron chi connectivity index (χ1n) is 6.16. The number of amides is 3. The van der Waals surface area contributed by atoms with Crippen molar-refractivity contribution in [1.29, 1.82) is 0 Å². The molecule has 0 saturated carbocycles. The minimum atomic E-state index is -0.300. The maximum Gasteiger partial charge on any atom is 0.319 e. The Bertz CT molecular complexity index is 466. The summed E-state index contributed by atoms with van der Waals surface area (Å²) in [5.41, 5.74) is 0.613. The van der Waals surface area contributed by atoms with Gasteiger partial charge in [0, 0.05) is 19.0 Å². The van der Waals surface area contributed by atoms with Crippen LogP contribution in [0.25, 0.3) is 0 Å². The highest BCUT2D eigenvalue weighted by atomic mass is 16.5. The smallest absolute Gasteiger partial charge is 0.319 e. The minimum Gasteiger partial charge on any atom is -0.495 e. The van der Waals surface area contributed by atoms with E-state index in [0.29, 0.717) is 30.8 Å². The van der Waals surface area contributed by atoms with Gasteiger partial charge in [-0.05, 0) is 18.6 Å². The summed E-state index contributed by atoms with van der Waals surface area (Å²) in [5.74, 6) is 0.637. The first-order chi connectivity index (χ1) is 9.19. The van der Waals surface area contributed by atoms with Gasteiger partial charge in [0.05, 0.1) is 12.8 Å². The Morgan fingerprint density at radius 3 is 2.89 bits per heavy atom. The summed E-state index contributed by atoms with van der Waals surface area (Å²) >= 11 is 0. The molecule has 2 rings (SSSR count). The largest absolute Gasteiger partial charge is 0.495 e. The number of hydrogen-bond donors (Lipinski definition) is 3. The normalized spacial score (nSPS) is 18.4. The van der Waals surface area contributed by atoms with E-state index in [4.69, 9.17) is 4.74 Å². The van der Waals surface area contributed by atoms with Gasteiger partial charge in [0.1, 0.15) is 5.75 Å². The zero-order chi connectivity index (χ0) is 13.7. The summed E-state index contributed by atoms with van der Waals surface area (Å²) in [7, 11) is 1.55. The third-order valence-corrected chi connectivity index (χ3v) is 2.96. The highest BCUT2D eigenvalue weighted by Crippen LogP contribution is 2.22.